The monoisotopic (exact) mass is 304 g/mol. The van der Waals surface area contributed by atoms with Crippen LogP contribution in [0.4, 0.5) is 0 Å². The highest BCUT2D eigenvalue weighted by atomic mass is 16.4. The Hall–Kier alpha value is -2.44. The van der Waals surface area contributed by atoms with Crippen LogP contribution in [0.3, 0.4) is 0 Å². The summed E-state index contributed by atoms with van der Waals surface area (Å²) in [6, 6.07) is 5.65. The van der Waals surface area contributed by atoms with Crippen LogP contribution in [0.1, 0.15) is 32.5 Å². The van der Waals surface area contributed by atoms with Crippen molar-refractivity contribution in [3.05, 3.63) is 30.2 Å². The van der Waals surface area contributed by atoms with Gasteiger partial charge in [0.05, 0.1) is 6.42 Å². The molecule has 0 fully saturated rings. The van der Waals surface area contributed by atoms with Crippen molar-refractivity contribution in [2.75, 3.05) is 6.54 Å². The number of nitrogens with zero attached hydrogens (tertiary/aromatic N) is 3. The molecule has 0 radical (unpaired) electrons. The van der Waals surface area contributed by atoms with Gasteiger partial charge in [0.2, 0.25) is 5.91 Å². The van der Waals surface area contributed by atoms with Gasteiger partial charge >= 0.3 is 5.97 Å². The van der Waals surface area contributed by atoms with Crippen LogP contribution in [0.2, 0.25) is 0 Å². The Kier molecular flexibility index (Phi) is 4.75. The Morgan fingerprint density at radius 2 is 2.05 bits per heavy atom. The Bertz CT molecular complexity index is 678. The Morgan fingerprint density at radius 3 is 2.77 bits per heavy atom. The number of aromatic nitrogens is 3. The maximum atomic E-state index is 11.9. The van der Waals surface area contributed by atoms with E-state index < -0.39 is 11.4 Å². The lowest BCUT2D eigenvalue weighted by atomic mass is 9.85. The molecule has 2 heterocycles. The summed E-state index contributed by atoms with van der Waals surface area (Å²) < 4.78 is 1.88. The molecule has 22 heavy (non-hydrogen) atoms. The van der Waals surface area contributed by atoms with Crippen LogP contribution in [-0.2, 0) is 16.0 Å². The second-order valence-electron chi connectivity index (χ2n) is 6.06. The van der Waals surface area contributed by atoms with Gasteiger partial charge in [0, 0.05) is 25.6 Å². The van der Waals surface area contributed by atoms with Crippen LogP contribution in [0.5, 0.6) is 0 Å². The van der Waals surface area contributed by atoms with Crippen LogP contribution in [0.25, 0.3) is 5.65 Å². The van der Waals surface area contributed by atoms with Crippen LogP contribution < -0.4 is 5.32 Å². The van der Waals surface area contributed by atoms with E-state index in [0.717, 1.165) is 11.5 Å². The van der Waals surface area contributed by atoms with E-state index in [2.05, 4.69) is 15.5 Å². The molecule has 0 atom stereocenters. The molecule has 118 valence electrons. The van der Waals surface area contributed by atoms with Gasteiger partial charge in [0.15, 0.2) is 5.65 Å². The number of carboxylic acids is 1. The molecule has 0 aliphatic carbocycles. The van der Waals surface area contributed by atoms with Crippen molar-refractivity contribution in [1.29, 1.82) is 0 Å². The lowest BCUT2D eigenvalue weighted by Crippen LogP contribution is -2.31. The standard InChI is InChI=1S/C15H20N4O3/c1-15(2,10-14(21)22)9-13(20)16-7-6-12-18-17-11-5-3-4-8-19(11)12/h3-5,8H,6-7,9-10H2,1-2H3,(H,16,20)(H,21,22). The fourth-order valence-electron chi connectivity index (χ4n) is 2.34. The zero-order valence-corrected chi connectivity index (χ0v) is 12.7. The third-order valence-corrected chi connectivity index (χ3v) is 3.32. The summed E-state index contributed by atoms with van der Waals surface area (Å²) in [6.45, 7) is 3.98. The highest BCUT2D eigenvalue weighted by molar-refractivity contribution is 5.77. The largest absolute Gasteiger partial charge is 0.481 e. The maximum absolute atomic E-state index is 11.9. The fraction of sp³-hybridized carbons (Fsp3) is 0.467. The summed E-state index contributed by atoms with van der Waals surface area (Å²) in [7, 11) is 0. The molecule has 0 aliphatic heterocycles. The number of hydrogen-bond acceptors (Lipinski definition) is 4. The van der Waals surface area contributed by atoms with Crippen molar-refractivity contribution in [2.24, 2.45) is 5.41 Å². The zero-order valence-electron chi connectivity index (χ0n) is 12.7. The number of carbonyl (C=O) groups excluding carboxylic acids is 1. The molecule has 0 unspecified atom stereocenters. The van der Waals surface area contributed by atoms with E-state index in [9.17, 15) is 9.59 Å². The molecule has 0 spiro atoms. The third-order valence-electron chi connectivity index (χ3n) is 3.32. The first-order chi connectivity index (χ1) is 10.4. The van der Waals surface area contributed by atoms with Crippen molar-refractivity contribution in [3.8, 4) is 0 Å². The lowest BCUT2D eigenvalue weighted by molar-refractivity contribution is -0.139. The van der Waals surface area contributed by atoms with Gasteiger partial charge in [0.25, 0.3) is 0 Å². The van der Waals surface area contributed by atoms with Gasteiger partial charge in [-0.2, -0.15) is 0 Å². The molecular formula is C15H20N4O3. The maximum Gasteiger partial charge on any atom is 0.303 e. The van der Waals surface area contributed by atoms with Gasteiger partial charge in [0.1, 0.15) is 5.82 Å². The number of amides is 1. The summed E-state index contributed by atoms with van der Waals surface area (Å²) in [4.78, 5) is 22.6. The Morgan fingerprint density at radius 1 is 1.27 bits per heavy atom. The Balaban J connectivity index is 1.83. The van der Waals surface area contributed by atoms with Crippen molar-refractivity contribution in [1.82, 2.24) is 19.9 Å². The number of aliphatic carboxylic acids is 1. The summed E-state index contributed by atoms with van der Waals surface area (Å²) in [5, 5.41) is 19.7. The second kappa shape index (κ2) is 6.55. The SMILES string of the molecule is CC(C)(CC(=O)O)CC(=O)NCCc1nnc2ccccn12. The molecule has 2 rings (SSSR count). The minimum absolute atomic E-state index is 0.0325. The number of carbonyl (C=O) groups is 2. The average molecular weight is 304 g/mol. The van der Waals surface area contributed by atoms with Gasteiger partial charge < -0.3 is 10.4 Å². The van der Waals surface area contributed by atoms with Gasteiger partial charge in [-0.1, -0.05) is 19.9 Å². The minimum atomic E-state index is -0.896. The Labute approximate surface area is 128 Å². The van der Waals surface area contributed by atoms with Gasteiger partial charge in [-0.15, -0.1) is 10.2 Å². The predicted molar refractivity (Wildman–Crippen MR) is 80.4 cm³/mol. The highest BCUT2D eigenvalue weighted by Crippen LogP contribution is 2.24. The smallest absolute Gasteiger partial charge is 0.303 e. The number of rotatable bonds is 7. The number of pyridine rings is 1. The van der Waals surface area contributed by atoms with Crippen molar-refractivity contribution in [3.63, 3.8) is 0 Å². The van der Waals surface area contributed by atoms with E-state index in [4.69, 9.17) is 5.11 Å². The first-order valence-corrected chi connectivity index (χ1v) is 7.14. The number of carboxylic acid groups (broad SMARTS) is 1. The molecule has 7 heteroatoms. The summed E-state index contributed by atoms with van der Waals surface area (Å²) in [5.41, 5.74) is 0.212. The number of fused-ring (bicyclic) bond motifs is 1. The van der Waals surface area contributed by atoms with Crippen LogP contribution in [-0.4, -0.2) is 38.1 Å². The molecule has 0 aliphatic rings. The molecule has 0 saturated carbocycles. The average Bonchev–Trinajstić information content (AvgIpc) is 2.80. The molecule has 0 saturated heterocycles. The second-order valence-corrected chi connectivity index (χ2v) is 6.06. The van der Waals surface area contributed by atoms with Crippen LogP contribution >= 0.6 is 0 Å². The lowest BCUT2D eigenvalue weighted by Gasteiger charge is -2.21. The van der Waals surface area contributed by atoms with Gasteiger partial charge in [-0.25, -0.2) is 0 Å². The van der Waals surface area contributed by atoms with Crippen molar-refractivity contribution >= 4 is 17.5 Å². The fourth-order valence-corrected chi connectivity index (χ4v) is 2.34. The zero-order chi connectivity index (χ0) is 16.2. The van der Waals surface area contributed by atoms with E-state index in [1.807, 2.05) is 28.8 Å². The van der Waals surface area contributed by atoms with Crippen molar-refractivity contribution < 1.29 is 14.7 Å². The topological polar surface area (TPSA) is 96.6 Å². The first-order valence-electron chi connectivity index (χ1n) is 7.14. The summed E-state index contributed by atoms with van der Waals surface area (Å²) >= 11 is 0. The quantitative estimate of drug-likeness (QED) is 0.803. The van der Waals surface area contributed by atoms with E-state index >= 15 is 0 Å². The third kappa shape index (κ3) is 4.28. The summed E-state index contributed by atoms with van der Waals surface area (Å²) in [5.74, 6) is -0.270. The molecule has 2 N–H and O–H groups in total. The van der Waals surface area contributed by atoms with E-state index in [0.29, 0.717) is 13.0 Å². The predicted octanol–water partition coefficient (Wildman–Crippen LogP) is 1.28. The molecule has 7 nitrogen and oxygen atoms in total. The van der Waals surface area contributed by atoms with E-state index in [-0.39, 0.29) is 18.7 Å². The van der Waals surface area contributed by atoms with E-state index in [1.54, 1.807) is 13.8 Å². The molecular weight excluding hydrogens is 284 g/mol. The van der Waals surface area contributed by atoms with Crippen LogP contribution in [0.15, 0.2) is 24.4 Å². The minimum Gasteiger partial charge on any atom is -0.481 e. The molecule has 0 aromatic carbocycles. The van der Waals surface area contributed by atoms with E-state index in [1.165, 1.54) is 0 Å². The first kappa shape index (κ1) is 15.9. The highest BCUT2D eigenvalue weighted by Gasteiger charge is 2.25. The number of nitrogens with one attached hydrogen (secondary N) is 1. The van der Waals surface area contributed by atoms with Crippen molar-refractivity contribution in [2.45, 2.75) is 33.1 Å². The molecule has 1 amide bonds. The van der Waals surface area contributed by atoms with Gasteiger partial charge in [-0.05, 0) is 17.5 Å². The normalized spacial score (nSPS) is 11.5. The molecule has 2 aromatic heterocycles. The molecule has 2 aromatic rings. The summed E-state index contributed by atoms with van der Waals surface area (Å²) in [6.07, 6.45) is 2.59. The van der Waals surface area contributed by atoms with Gasteiger partial charge in [-0.3, -0.25) is 14.0 Å². The molecule has 0 bridgehead atoms. The van der Waals surface area contributed by atoms with Crippen LogP contribution in [0, 0.1) is 5.41 Å². The number of hydrogen-bond donors (Lipinski definition) is 2.